The first-order valence-electron chi connectivity index (χ1n) is 9.02. The molecule has 134 valence electrons. The molecular weight excluding hydrogens is 334 g/mol. The van der Waals surface area contributed by atoms with Crippen LogP contribution < -0.4 is 10.5 Å². The standard InChI is InChI=1S/C23H21N3O/c1-18-10-12-21(13-11-18)25(16-19-7-3-2-4-8-19)17-20-15-23(27)26-14-6-5-9-22(26)24-20/h2-15H,16-17H2,1H3. The summed E-state index contributed by atoms with van der Waals surface area (Å²) in [6.07, 6.45) is 1.75. The van der Waals surface area contributed by atoms with Crippen molar-refractivity contribution in [2.75, 3.05) is 4.90 Å². The molecule has 4 rings (SSSR count). The number of pyridine rings is 1. The van der Waals surface area contributed by atoms with Gasteiger partial charge in [0.2, 0.25) is 0 Å². The molecule has 0 spiro atoms. The zero-order valence-corrected chi connectivity index (χ0v) is 15.2. The molecule has 0 atom stereocenters. The maximum Gasteiger partial charge on any atom is 0.258 e. The van der Waals surface area contributed by atoms with Gasteiger partial charge < -0.3 is 4.90 Å². The van der Waals surface area contributed by atoms with E-state index in [1.165, 1.54) is 11.1 Å². The van der Waals surface area contributed by atoms with Gasteiger partial charge in [-0.2, -0.15) is 0 Å². The van der Waals surface area contributed by atoms with Crippen LogP contribution in [0.25, 0.3) is 5.65 Å². The van der Waals surface area contributed by atoms with Crippen molar-refractivity contribution in [3.05, 3.63) is 112 Å². The van der Waals surface area contributed by atoms with Crippen LogP contribution in [-0.4, -0.2) is 9.38 Å². The third kappa shape index (κ3) is 3.90. The lowest BCUT2D eigenvalue weighted by molar-refractivity contribution is 0.777. The number of benzene rings is 2. The topological polar surface area (TPSA) is 37.6 Å². The maximum absolute atomic E-state index is 12.4. The monoisotopic (exact) mass is 355 g/mol. The minimum atomic E-state index is -0.0563. The molecule has 0 saturated heterocycles. The van der Waals surface area contributed by atoms with Crippen molar-refractivity contribution in [1.82, 2.24) is 9.38 Å². The molecule has 0 radical (unpaired) electrons. The predicted molar refractivity (Wildman–Crippen MR) is 109 cm³/mol. The summed E-state index contributed by atoms with van der Waals surface area (Å²) in [5.74, 6) is 0. The fraction of sp³-hybridized carbons (Fsp3) is 0.130. The molecule has 0 aliphatic carbocycles. The van der Waals surface area contributed by atoms with E-state index in [1.54, 1.807) is 16.7 Å². The fourth-order valence-corrected chi connectivity index (χ4v) is 3.18. The predicted octanol–water partition coefficient (Wildman–Crippen LogP) is 4.21. The number of rotatable bonds is 5. The second kappa shape index (κ2) is 7.46. The summed E-state index contributed by atoms with van der Waals surface area (Å²) in [5.41, 5.74) is 4.93. The second-order valence-electron chi connectivity index (χ2n) is 6.69. The lowest BCUT2D eigenvalue weighted by Gasteiger charge is -2.25. The molecule has 4 nitrogen and oxygen atoms in total. The van der Waals surface area contributed by atoms with E-state index in [0.717, 1.165) is 17.9 Å². The van der Waals surface area contributed by atoms with Crippen LogP contribution in [0.2, 0.25) is 0 Å². The minimum absolute atomic E-state index is 0.0563. The van der Waals surface area contributed by atoms with Crippen molar-refractivity contribution in [2.45, 2.75) is 20.0 Å². The van der Waals surface area contributed by atoms with Crippen LogP contribution in [0, 0.1) is 6.92 Å². The molecule has 27 heavy (non-hydrogen) atoms. The summed E-state index contributed by atoms with van der Waals surface area (Å²) < 4.78 is 1.57. The van der Waals surface area contributed by atoms with Crippen molar-refractivity contribution in [3.63, 3.8) is 0 Å². The molecule has 0 saturated carbocycles. The van der Waals surface area contributed by atoms with Crippen molar-refractivity contribution < 1.29 is 0 Å². The summed E-state index contributed by atoms with van der Waals surface area (Å²) in [4.78, 5) is 19.4. The van der Waals surface area contributed by atoms with Crippen LogP contribution in [0.3, 0.4) is 0 Å². The van der Waals surface area contributed by atoms with Gasteiger partial charge in [0.1, 0.15) is 5.65 Å². The summed E-state index contributed by atoms with van der Waals surface area (Å²) in [6.45, 7) is 3.40. The Labute approximate surface area is 158 Å². The van der Waals surface area contributed by atoms with Crippen LogP contribution in [-0.2, 0) is 13.1 Å². The average Bonchev–Trinajstić information content (AvgIpc) is 2.69. The quantitative estimate of drug-likeness (QED) is 0.538. The Morgan fingerprint density at radius 2 is 1.63 bits per heavy atom. The SMILES string of the molecule is Cc1ccc(N(Cc2ccccc2)Cc2cc(=O)n3ccccc3n2)cc1. The molecule has 2 aromatic heterocycles. The Morgan fingerprint density at radius 1 is 0.889 bits per heavy atom. The molecule has 2 heterocycles. The van der Waals surface area contributed by atoms with Crippen molar-refractivity contribution in [1.29, 1.82) is 0 Å². The molecule has 0 amide bonds. The normalized spacial score (nSPS) is 10.9. The first-order valence-corrected chi connectivity index (χ1v) is 9.02. The molecule has 0 unspecified atom stereocenters. The number of fused-ring (bicyclic) bond motifs is 1. The van der Waals surface area contributed by atoms with Gasteiger partial charge in [-0.05, 0) is 36.8 Å². The first kappa shape index (κ1) is 17.0. The minimum Gasteiger partial charge on any atom is -0.361 e. The number of hydrogen-bond donors (Lipinski definition) is 0. The Morgan fingerprint density at radius 3 is 2.41 bits per heavy atom. The summed E-state index contributed by atoms with van der Waals surface area (Å²) >= 11 is 0. The lowest BCUT2D eigenvalue weighted by Crippen LogP contribution is -2.25. The van der Waals surface area contributed by atoms with Gasteiger partial charge >= 0.3 is 0 Å². The van der Waals surface area contributed by atoms with Crippen molar-refractivity contribution in [3.8, 4) is 0 Å². The number of anilines is 1. The van der Waals surface area contributed by atoms with E-state index < -0.39 is 0 Å². The van der Waals surface area contributed by atoms with E-state index in [9.17, 15) is 4.79 Å². The molecular formula is C23H21N3O. The van der Waals surface area contributed by atoms with Crippen LogP contribution in [0.1, 0.15) is 16.8 Å². The van der Waals surface area contributed by atoms with Gasteiger partial charge in [0, 0.05) is 24.5 Å². The van der Waals surface area contributed by atoms with Gasteiger partial charge in [-0.25, -0.2) is 4.98 Å². The molecule has 2 aromatic carbocycles. The highest BCUT2D eigenvalue weighted by Crippen LogP contribution is 2.20. The van der Waals surface area contributed by atoms with Crippen molar-refractivity contribution >= 4 is 11.3 Å². The van der Waals surface area contributed by atoms with E-state index in [1.807, 2.05) is 36.4 Å². The number of hydrogen-bond acceptors (Lipinski definition) is 3. The zero-order valence-electron chi connectivity index (χ0n) is 15.2. The van der Waals surface area contributed by atoms with Gasteiger partial charge in [0.05, 0.1) is 12.2 Å². The van der Waals surface area contributed by atoms with E-state index in [4.69, 9.17) is 0 Å². The molecule has 0 fully saturated rings. The highest BCUT2D eigenvalue weighted by atomic mass is 16.1. The fourth-order valence-electron chi connectivity index (χ4n) is 3.18. The molecule has 0 aliphatic heterocycles. The molecule has 0 aliphatic rings. The summed E-state index contributed by atoms with van der Waals surface area (Å²) in [7, 11) is 0. The maximum atomic E-state index is 12.4. The Hall–Kier alpha value is -3.40. The summed E-state index contributed by atoms with van der Waals surface area (Å²) in [5, 5.41) is 0. The van der Waals surface area contributed by atoms with Gasteiger partial charge in [0.15, 0.2) is 0 Å². The second-order valence-corrected chi connectivity index (χ2v) is 6.69. The van der Waals surface area contributed by atoms with Gasteiger partial charge in [0.25, 0.3) is 5.56 Å². The number of aromatic nitrogens is 2. The highest BCUT2D eigenvalue weighted by molar-refractivity contribution is 5.49. The zero-order chi connectivity index (χ0) is 18.6. The smallest absolute Gasteiger partial charge is 0.258 e. The number of nitrogens with zero attached hydrogens (tertiary/aromatic N) is 3. The van der Waals surface area contributed by atoms with Crippen LogP contribution >= 0.6 is 0 Å². The lowest BCUT2D eigenvalue weighted by atomic mass is 10.1. The third-order valence-electron chi connectivity index (χ3n) is 4.59. The third-order valence-corrected chi connectivity index (χ3v) is 4.59. The Balaban J connectivity index is 1.70. The van der Waals surface area contributed by atoms with E-state index in [0.29, 0.717) is 12.2 Å². The highest BCUT2D eigenvalue weighted by Gasteiger charge is 2.11. The van der Waals surface area contributed by atoms with E-state index in [2.05, 4.69) is 53.2 Å². The van der Waals surface area contributed by atoms with Crippen LogP contribution in [0.4, 0.5) is 5.69 Å². The van der Waals surface area contributed by atoms with Gasteiger partial charge in [-0.15, -0.1) is 0 Å². The largest absolute Gasteiger partial charge is 0.361 e. The number of aryl methyl sites for hydroxylation is 1. The Kier molecular flexibility index (Phi) is 4.71. The Bertz CT molecular complexity index is 1100. The average molecular weight is 355 g/mol. The van der Waals surface area contributed by atoms with Gasteiger partial charge in [-0.1, -0.05) is 54.1 Å². The van der Waals surface area contributed by atoms with Gasteiger partial charge in [-0.3, -0.25) is 9.20 Å². The molecule has 4 aromatic rings. The summed E-state index contributed by atoms with van der Waals surface area (Å²) in [6, 6.07) is 26.0. The molecule has 0 N–H and O–H groups in total. The van der Waals surface area contributed by atoms with E-state index >= 15 is 0 Å². The molecule has 0 bridgehead atoms. The first-order chi connectivity index (χ1) is 13.2. The molecule has 4 heteroatoms. The van der Waals surface area contributed by atoms with Crippen LogP contribution in [0.15, 0.2) is 89.9 Å². The van der Waals surface area contributed by atoms with Crippen LogP contribution in [0.5, 0.6) is 0 Å². The van der Waals surface area contributed by atoms with Crippen molar-refractivity contribution in [2.24, 2.45) is 0 Å². The van der Waals surface area contributed by atoms with E-state index in [-0.39, 0.29) is 5.56 Å².